The summed E-state index contributed by atoms with van der Waals surface area (Å²) in [6, 6.07) is 13.4. The number of nitrogens with zero attached hydrogens (tertiary/aromatic N) is 6. The van der Waals surface area contributed by atoms with Gasteiger partial charge < -0.3 is 10.2 Å². The molecule has 0 bridgehead atoms. The number of amides is 1. The van der Waals surface area contributed by atoms with E-state index in [1.165, 1.54) is 6.07 Å². The van der Waals surface area contributed by atoms with Gasteiger partial charge in [0, 0.05) is 69.2 Å². The second-order valence-corrected chi connectivity index (χ2v) is 9.33. The molecule has 4 aromatic rings. The van der Waals surface area contributed by atoms with E-state index in [-0.39, 0.29) is 11.4 Å². The summed E-state index contributed by atoms with van der Waals surface area (Å²) in [5.41, 5.74) is 1.99. The van der Waals surface area contributed by atoms with Crippen LogP contribution in [0, 0.1) is 6.92 Å². The highest BCUT2D eigenvalue weighted by atomic mass is 19.4. The number of piperazine rings is 1. The van der Waals surface area contributed by atoms with E-state index in [2.05, 4.69) is 30.2 Å². The molecule has 8 nitrogen and oxygen atoms in total. The Morgan fingerprint density at radius 3 is 2.45 bits per heavy atom. The highest BCUT2D eigenvalue weighted by molar-refractivity contribution is 5.99. The molecule has 0 saturated carbocycles. The number of alkyl halides is 3. The van der Waals surface area contributed by atoms with Crippen LogP contribution < -0.4 is 10.2 Å². The molecule has 5 rings (SSSR count). The summed E-state index contributed by atoms with van der Waals surface area (Å²) >= 11 is 0. The lowest BCUT2D eigenvalue weighted by Gasteiger charge is -2.36. The van der Waals surface area contributed by atoms with Gasteiger partial charge in [0.05, 0.1) is 5.52 Å². The first-order chi connectivity index (χ1) is 18.2. The van der Waals surface area contributed by atoms with Gasteiger partial charge in [-0.15, -0.1) is 0 Å². The van der Waals surface area contributed by atoms with Crippen molar-refractivity contribution in [3.8, 4) is 11.1 Å². The molecule has 3 aromatic heterocycles. The molecule has 1 aromatic carbocycles. The van der Waals surface area contributed by atoms with Crippen LogP contribution in [0.1, 0.15) is 21.9 Å². The Labute approximate surface area is 218 Å². The first-order valence-corrected chi connectivity index (χ1v) is 12.4. The smallest absolute Gasteiger partial charge is 0.353 e. The highest BCUT2D eigenvalue weighted by Gasteiger charge is 2.33. The molecule has 38 heavy (non-hydrogen) atoms. The molecule has 1 aliphatic heterocycles. The third kappa shape index (κ3) is 5.33. The summed E-state index contributed by atoms with van der Waals surface area (Å²) in [6.07, 6.45) is -2.93. The van der Waals surface area contributed by atoms with Crippen molar-refractivity contribution in [2.24, 2.45) is 7.05 Å². The van der Waals surface area contributed by atoms with Crippen LogP contribution in [-0.4, -0.2) is 69.8 Å². The van der Waals surface area contributed by atoms with Gasteiger partial charge in [-0.3, -0.25) is 14.4 Å². The number of rotatable bonds is 6. The van der Waals surface area contributed by atoms with Crippen LogP contribution in [0.3, 0.4) is 0 Å². The van der Waals surface area contributed by atoms with Gasteiger partial charge in [-0.1, -0.05) is 30.3 Å². The molecule has 4 heterocycles. The van der Waals surface area contributed by atoms with Gasteiger partial charge in [-0.2, -0.15) is 18.3 Å². The quantitative estimate of drug-likeness (QED) is 0.413. The van der Waals surface area contributed by atoms with Crippen molar-refractivity contribution in [1.82, 2.24) is 30.0 Å². The Balaban J connectivity index is 1.29. The minimum Gasteiger partial charge on any atom is -0.353 e. The number of nitrogens with one attached hydrogen (secondary N) is 1. The zero-order chi connectivity index (χ0) is 26.9. The standard InChI is InChI=1S/C27H28F3N7O/c1-18-16-22(34-35(18)2)26(38)31-10-11-36-12-14-37(15-13-36)25-20-8-9-23(27(28,29)30)33-24(20)21(17-32-25)19-6-4-3-5-7-19/h3-9,16-17H,10-15H2,1-2H3,(H,31,38). The molecular weight excluding hydrogens is 495 g/mol. The van der Waals surface area contributed by atoms with E-state index < -0.39 is 11.9 Å². The molecule has 0 spiro atoms. The lowest BCUT2D eigenvalue weighted by atomic mass is 10.0. The molecular formula is C27H28F3N7O. The molecule has 1 N–H and O–H groups in total. The van der Waals surface area contributed by atoms with Crippen molar-refractivity contribution in [2.45, 2.75) is 13.1 Å². The molecule has 198 valence electrons. The van der Waals surface area contributed by atoms with Crippen LogP contribution in [0.4, 0.5) is 19.0 Å². The van der Waals surface area contributed by atoms with Crippen molar-refractivity contribution in [1.29, 1.82) is 0 Å². The molecule has 0 atom stereocenters. The highest BCUT2D eigenvalue weighted by Crippen LogP contribution is 2.36. The van der Waals surface area contributed by atoms with Gasteiger partial charge in [0.25, 0.3) is 5.91 Å². The summed E-state index contributed by atoms with van der Waals surface area (Å²) in [5.74, 6) is 0.423. The van der Waals surface area contributed by atoms with Crippen LogP contribution in [0.15, 0.2) is 54.7 Å². The third-order valence-electron chi connectivity index (χ3n) is 6.81. The first-order valence-electron chi connectivity index (χ1n) is 12.4. The fraction of sp³-hybridized carbons (Fsp3) is 0.333. The van der Waals surface area contributed by atoms with Crippen LogP contribution in [0.2, 0.25) is 0 Å². The lowest BCUT2D eigenvalue weighted by Crippen LogP contribution is -2.48. The SMILES string of the molecule is Cc1cc(C(=O)NCCN2CCN(c3ncc(-c4ccccc4)c4nc(C(F)(F)F)ccc34)CC2)nn1C. The number of aryl methyl sites for hydroxylation is 2. The van der Waals surface area contributed by atoms with Gasteiger partial charge >= 0.3 is 6.18 Å². The number of hydrogen-bond acceptors (Lipinski definition) is 6. The van der Waals surface area contributed by atoms with E-state index in [0.29, 0.717) is 48.6 Å². The average molecular weight is 524 g/mol. The van der Waals surface area contributed by atoms with Gasteiger partial charge in [0.15, 0.2) is 0 Å². The largest absolute Gasteiger partial charge is 0.433 e. The van der Waals surface area contributed by atoms with Crippen LogP contribution in [0.25, 0.3) is 22.0 Å². The van der Waals surface area contributed by atoms with Crippen molar-refractivity contribution in [2.75, 3.05) is 44.2 Å². The van der Waals surface area contributed by atoms with Crippen molar-refractivity contribution in [3.63, 3.8) is 0 Å². The number of hydrogen-bond donors (Lipinski definition) is 1. The second kappa shape index (κ2) is 10.4. The predicted molar refractivity (Wildman–Crippen MR) is 139 cm³/mol. The van der Waals surface area contributed by atoms with Gasteiger partial charge in [0.1, 0.15) is 17.2 Å². The maximum atomic E-state index is 13.5. The third-order valence-corrected chi connectivity index (χ3v) is 6.81. The van der Waals surface area contributed by atoms with Crippen molar-refractivity contribution >= 4 is 22.6 Å². The Bertz CT molecular complexity index is 1430. The van der Waals surface area contributed by atoms with E-state index in [4.69, 9.17) is 0 Å². The number of carbonyl (C=O) groups excluding carboxylic acids is 1. The Kier molecular flexibility index (Phi) is 7.02. The monoisotopic (exact) mass is 523 g/mol. The second-order valence-electron chi connectivity index (χ2n) is 9.33. The van der Waals surface area contributed by atoms with Crippen LogP contribution in [0.5, 0.6) is 0 Å². The van der Waals surface area contributed by atoms with Crippen molar-refractivity contribution in [3.05, 3.63) is 71.8 Å². The fourth-order valence-corrected chi connectivity index (χ4v) is 4.61. The van der Waals surface area contributed by atoms with E-state index in [9.17, 15) is 18.0 Å². The number of halogens is 3. The Morgan fingerprint density at radius 1 is 1.05 bits per heavy atom. The average Bonchev–Trinajstić information content (AvgIpc) is 3.26. The van der Waals surface area contributed by atoms with Gasteiger partial charge in [-0.25, -0.2) is 9.97 Å². The summed E-state index contributed by atoms with van der Waals surface area (Å²) in [6.45, 7) is 5.84. The minimum atomic E-state index is -4.54. The molecule has 0 unspecified atom stereocenters. The summed E-state index contributed by atoms with van der Waals surface area (Å²) in [5, 5.41) is 7.70. The number of benzene rings is 1. The van der Waals surface area contributed by atoms with E-state index in [1.54, 1.807) is 24.0 Å². The predicted octanol–water partition coefficient (Wildman–Crippen LogP) is 3.91. The Hall–Kier alpha value is -3.99. The number of aromatic nitrogens is 4. The number of anilines is 1. The van der Waals surface area contributed by atoms with Gasteiger partial charge in [-0.05, 0) is 30.7 Å². The van der Waals surface area contributed by atoms with Crippen LogP contribution in [-0.2, 0) is 13.2 Å². The number of carbonyl (C=O) groups is 1. The molecule has 1 amide bonds. The van der Waals surface area contributed by atoms with Gasteiger partial charge in [0.2, 0.25) is 0 Å². The summed E-state index contributed by atoms with van der Waals surface area (Å²) in [7, 11) is 1.80. The van der Waals surface area contributed by atoms with E-state index >= 15 is 0 Å². The topological polar surface area (TPSA) is 79.2 Å². The molecule has 1 aliphatic rings. The zero-order valence-corrected chi connectivity index (χ0v) is 21.2. The van der Waals surface area contributed by atoms with Crippen LogP contribution >= 0.6 is 0 Å². The lowest BCUT2D eigenvalue weighted by molar-refractivity contribution is -0.140. The Morgan fingerprint density at radius 2 is 1.79 bits per heavy atom. The first kappa shape index (κ1) is 25.7. The molecule has 0 radical (unpaired) electrons. The molecule has 1 fully saturated rings. The summed E-state index contributed by atoms with van der Waals surface area (Å²) < 4.78 is 42.1. The molecule has 0 aliphatic carbocycles. The number of pyridine rings is 2. The molecule has 11 heteroatoms. The maximum Gasteiger partial charge on any atom is 0.433 e. The van der Waals surface area contributed by atoms with E-state index in [0.717, 1.165) is 30.4 Å². The van der Waals surface area contributed by atoms with Crippen molar-refractivity contribution < 1.29 is 18.0 Å². The normalized spacial score (nSPS) is 14.7. The zero-order valence-electron chi connectivity index (χ0n) is 21.2. The molecule has 1 saturated heterocycles. The number of fused-ring (bicyclic) bond motifs is 1. The fourth-order valence-electron chi connectivity index (χ4n) is 4.61. The summed E-state index contributed by atoms with van der Waals surface area (Å²) in [4.78, 5) is 25.4. The minimum absolute atomic E-state index is 0.202. The van der Waals surface area contributed by atoms with E-state index in [1.807, 2.05) is 37.3 Å². The maximum absolute atomic E-state index is 13.5.